The van der Waals surface area contributed by atoms with Crippen LogP contribution in [0.2, 0.25) is 0 Å². The zero-order chi connectivity index (χ0) is 22.1. The number of allylic oxidation sites excluding steroid dienone is 3. The highest BCUT2D eigenvalue weighted by atomic mass is 16.5. The number of benzene rings is 2. The van der Waals surface area contributed by atoms with E-state index in [-0.39, 0.29) is 18.1 Å². The first-order chi connectivity index (χ1) is 15.1. The highest BCUT2D eigenvalue weighted by molar-refractivity contribution is 6.08. The van der Waals surface area contributed by atoms with Gasteiger partial charge in [0.25, 0.3) is 0 Å². The van der Waals surface area contributed by atoms with Crippen LogP contribution in [0.3, 0.4) is 0 Å². The summed E-state index contributed by atoms with van der Waals surface area (Å²) in [5.41, 5.74) is 5.23. The zero-order valence-corrected chi connectivity index (χ0v) is 18.5. The number of aryl methyl sites for hydroxylation is 1. The van der Waals surface area contributed by atoms with Crippen LogP contribution >= 0.6 is 0 Å². The van der Waals surface area contributed by atoms with Crippen molar-refractivity contribution < 1.29 is 9.53 Å². The molecule has 0 amide bonds. The van der Waals surface area contributed by atoms with Crippen LogP contribution in [-0.4, -0.2) is 30.9 Å². The molecule has 4 nitrogen and oxygen atoms in total. The average molecular weight is 415 g/mol. The predicted molar refractivity (Wildman–Crippen MR) is 128 cm³/mol. The van der Waals surface area contributed by atoms with Gasteiger partial charge in [-0.05, 0) is 43.0 Å². The molecule has 0 aromatic heterocycles. The van der Waals surface area contributed by atoms with E-state index in [0.717, 1.165) is 23.4 Å². The van der Waals surface area contributed by atoms with E-state index in [4.69, 9.17) is 4.74 Å². The minimum atomic E-state index is -0.718. The number of ether oxygens (including phenoxy) is 1. The zero-order valence-electron chi connectivity index (χ0n) is 18.5. The van der Waals surface area contributed by atoms with Crippen LogP contribution in [-0.2, 0) is 16.1 Å². The number of aliphatic imine (C=N–C) groups is 2. The Balaban J connectivity index is 1.76. The normalized spacial score (nSPS) is 17.6. The van der Waals surface area contributed by atoms with Crippen LogP contribution in [0.1, 0.15) is 42.4 Å². The molecule has 3 rings (SSSR count). The molecule has 0 heterocycles. The maximum absolute atomic E-state index is 12.8. The van der Waals surface area contributed by atoms with E-state index in [2.05, 4.69) is 53.3 Å². The lowest BCUT2D eigenvalue weighted by atomic mass is 9.89. The molecule has 0 aliphatic heterocycles. The molecule has 0 radical (unpaired) electrons. The van der Waals surface area contributed by atoms with Gasteiger partial charge in [-0.15, -0.1) is 0 Å². The second-order valence-corrected chi connectivity index (χ2v) is 7.79. The Hall–Kier alpha value is -3.11. The Kier molecular flexibility index (Phi) is 8.25. The number of nitrogens with zero attached hydrogens (tertiary/aromatic N) is 2. The van der Waals surface area contributed by atoms with Crippen molar-refractivity contribution in [2.75, 3.05) is 7.05 Å². The van der Waals surface area contributed by atoms with Crippen molar-refractivity contribution in [3.63, 3.8) is 0 Å². The molecule has 0 saturated carbocycles. The van der Waals surface area contributed by atoms with Crippen molar-refractivity contribution in [3.8, 4) is 0 Å². The maximum atomic E-state index is 12.8. The molecule has 4 heteroatoms. The topological polar surface area (TPSA) is 51.0 Å². The standard InChI is InChI=1S/C27H30N2O2/c1-20-10-7-8-15-25(20)23-13-9-14-24(17-23)29-18-27(26(30)16-21(2)28-3)31-19-22-11-5-4-6-12-22/h4-12,14-15,17-18,23,27H,13,16,19H2,1-3H3. The fraction of sp³-hybridized carbons (Fsp3) is 0.296. The SMILES string of the molecule is CN=C(C)CC(=O)C(C=NC1=CC(c2ccccc2C)CC=C1)OCc1ccccc1. The van der Waals surface area contributed by atoms with Crippen LogP contribution in [0.4, 0.5) is 0 Å². The molecule has 2 atom stereocenters. The fourth-order valence-corrected chi connectivity index (χ4v) is 3.54. The van der Waals surface area contributed by atoms with E-state index >= 15 is 0 Å². The van der Waals surface area contributed by atoms with Gasteiger partial charge in [0.05, 0.1) is 12.3 Å². The van der Waals surface area contributed by atoms with E-state index < -0.39 is 6.10 Å². The molecule has 160 valence electrons. The molecule has 0 spiro atoms. The van der Waals surface area contributed by atoms with E-state index in [1.54, 1.807) is 13.3 Å². The molecule has 2 aromatic carbocycles. The van der Waals surface area contributed by atoms with Crippen LogP contribution in [0, 0.1) is 6.92 Å². The molecule has 1 aliphatic carbocycles. The van der Waals surface area contributed by atoms with Crippen molar-refractivity contribution >= 4 is 17.7 Å². The van der Waals surface area contributed by atoms with E-state index in [1.165, 1.54) is 11.1 Å². The van der Waals surface area contributed by atoms with Crippen molar-refractivity contribution in [2.24, 2.45) is 9.98 Å². The summed E-state index contributed by atoms with van der Waals surface area (Å²) in [5.74, 6) is 0.242. The van der Waals surface area contributed by atoms with E-state index in [1.807, 2.05) is 43.3 Å². The highest BCUT2D eigenvalue weighted by Gasteiger charge is 2.19. The second-order valence-electron chi connectivity index (χ2n) is 7.79. The Bertz CT molecular complexity index is 1000. The van der Waals surface area contributed by atoms with Gasteiger partial charge in [0.2, 0.25) is 0 Å². The van der Waals surface area contributed by atoms with Gasteiger partial charge in [-0.1, -0.05) is 66.7 Å². The van der Waals surface area contributed by atoms with Crippen molar-refractivity contribution in [1.82, 2.24) is 0 Å². The minimum absolute atomic E-state index is 0.0429. The summed E-state index contributed by atoms with van der Waals surface area (Å²) in [4.78, 5) is 21.5. The summed E-state index contributed by atoms with van der Waals surface area (Å²) in [6, 6.07) is 18.3. The smallest absolute Gasteiger partial charge is 0.172 e. The molecule has 0 saturated heterocycles. The predicted octanol–water partition coefficient (Wildman–Crippen LogP) is 5.63. The summed E-state index contributed by atoms with van der Waals surface area (Å²) in [7, 11) is 1.69. The number of carbonyl (C=O) groups is 1. The van der Waals surface area contributed by atoms with Crippen LogP contribution < -0.4 is 0 Å². The second kappa shape index (κ2) is 11.3. The monoisotopic (exact) mass is 414 g/mol. The molecule has 31 heavy (non-hydrogen) atoms. The largest absolute Gasteiger partial charge is 0.360 e. The first-order valence-corrected chi connectivity index (χ1v) is 10.7. The quantitative estimate of drug-likeness (QED) is 0.500. The lowest BCUT2D eigenvalue weighted by Gasteiger charge is -2.18. The third-order valence-electron chi connectivity index (χ3n) is 5.40. The summed E-state index contributed by atoms with van der Waals surface area (Å²) in [5, 5.41) is 0. The van der Waals surface area contributed by atoms with Crippen LogP contribution in [0.25, 0.3) is 0 Å². The lowest BCUT2D eigenvalue weighted by molar-refractivity contribution is -0.125. The number of carbonyl (C=O) groups excluding carboxylic acids is 1. The fourth-order valence-electron chi connectivity index (χ4n) is 3.54. The van der Waals surface area contributed by atoms with Crippen molar-refractivity contribution in [3.05, 3.63) is 95.2 Å². The summed E-state index contributed by atoms with van der Waals surface area (Å²) in [6.45, 7) is 4.34. The van der Waals surface area contributed by atoms with Gasteiger partial charge in [-0.2, -0.15) is 0 Å². The molecule has 0 bridgehead atoms. The number of hydrogen-bond donors (Lipinski definition) is 0. The maximum Gasteiger partial charge on any atom is 0.172 e. The average Bonchev–Trinajstić information content (AvgIpc) is 2.80. The molecule has 0 fully saturated rings. The number of rotatable bonds is 9. The Labute approximate surface area is 185 Å². The van der Waals surface area contributed by atoms with E-state index in [9.17, 15) is 4.79 Å². The molecule has 2 aromatic rings. The highest BCUT2D eigenvalue weighted by Crippen LogP contribution is 2.29. The first-order valence-electron chi connectivity index (χ1n) is 10.7. The lowest BCUT2D eigenvalue weighted by Crippen LogP contribution is -2.27. The Morgan fingerprint density at radius 1 is 1.16 bits per heavy atom. The van der Waals surface area contributed by atoms with E-state index in [0.29, 0.717) is 6.61 Å². The Morgan fingerprint density at radius 3 is 2.65 bits per heavy atom. The molecule has 1 aliphatic rings. The summed E-state index contributed by atoms with van der Waals surface area (Å²) in [6.07, 6.45) is 8.42. The number of hydrogen-bond acceptors (Lipinski definition) is 4. The Morgan fingerprint density at radius 2 is 1.90 bits per heavy atom. The van der Waals surface area contributed by atoms with Crippen LogP contribution in [0.15, 0.2) is 88.5 Å². The summed E-state index contributed by atoms with van der Waals surface area (Å²) < 4.78 is 5.95. The van der Waals surface area contributed by atoms with Gasteiger partial charge in [0.15, 0.2) is 11.9 Å². The minimum Gasteiger partial charge on any atom is -0.360 e. The number of ketones is 1. The van der Waals surface area contributed by atoms with Gasteiger partial charge in [-0.25, -0.2) is 0 Å². The first kappa shape index (κ1) is 22.6. The molecule has 0 N–H and O–H groups in total. The third kappa shape index (κ3) is 6.69. The van der Waals surface area contributed by atoms with Gasteiger partial charge < -0.3 is 4.74 Å². The molecular weight excluding hydrogens is 384 g/mol. The van der Waals surface area contributed by atoms with Crippen molar-refractivity contribution in [1.29, 1.82) is 0 Å². The number of Topliss-reactive ketones (excluding diaryl/α,β-unsaturated/α-hetero) is 1. The third-order valence-corrected chi connectivity index (χ3v) is 5.40. The van der Waals surface area contributed by atoms with Crippen LogP contribution in [0.5, 0.6) is 0 Å². The van der Waals surface area contributed by atoms with Crippen molar-refractivity contribution in [2.45, 2.75) is 45.3 Å². The van der Waals surface area contributed by atoms with Gasteiger partial charge in [0.1, 0.15) is 0 Å². The summed E-state index contributed by atoms with van der Waals surface area (Å²) >= 11 is 0. The molecular formula is C27H30N2O2. The van der Waals surface area contributed by atoms with Gasteiger partial charge in [0, 0.05) is 31.3 Å². The van der Waals surface area contributed by atoms with Gasteiger partial charge >= 0.3 is 0 Å². The van der Waals surface area contributed by atoms with Gasteiger partial charge in [-0.3, -0.25) is 14.8 Å². The molecule has 2 unspecified atom stereocenters.